The minimum atomic E-state index is 0.0438. The van der Waals surface area contributed by atoms with Crippen LogP contribution in [0.1, 0.15) is 77.7 Å². The number of carbonyl (C=O) groups is 1. The van der Waals surface area contributed by atoms with Crippen LogP contribution in [-0.2, 0) is 4.79 Å². The molecule has 1 aromatic rings. The predicted molar refractivity (Wildman–Crippen MR) is 120 cm³/mol. The van der Waals surface area contributed by atoms with E-state index in [2.05, 4.69) is 33.9 Å². The molecule has 0 bridgehead atoms. The maximum atomic E-state index is 13.5. The summed E-state index contributed by atoms with van der Waals surface area (Å²) in [7, 11) is 2.07. The minimum Gasteiger partial charge on any atom is -0.230 e. The number of allylic oxidation sites excluding steroid dienone is 2. The van der Waals surface area contributed by atoms with Crippen molar-refractivity contribution >= 4 is 11.6 Å². The highest BCUT2D eigenvalue weighted by Gasteiger charge is 2.63. The van der Waals surface area contributed by atoms with Crippen LogP contribution in [-0.4, -0.2) is 13.0 Å². The number of carbonyl (C=O) groups excluding carboxylic acids is 1. The first-order chi connectivity index (χ1) is 14.3. The molecule has 4 aliphatic rings. The third kappa shape index (κ3) is 2.43. The molecule has 3 nitrogen and oxygen atoms in total. The van der Waals surface area contributed by atoms with Crippen molar-refractivity contribution in [1.82, 2.24) is 4.48 Å². The Balaban J connectivity index is 1.69. The molecule has 1 unspecified atom stereocenters. The van der Waals surface area contributed by atoms with E-state index in [1.807, 2.05) is 24.3 Å². The summed E-state index contributed by atoms with van der Waals surface area (Å²) in [5.41, 5.74) is 4.80. The Kier molecular flexibility index (Phi) is 4.36. The molecule has 6 atom stereocenters. The fourth-order valence-electron chi connectivity index (χ4n) is 8.59. The van der Waals surface area contributed by atoms with Crippen LogP contribution < -0.4 is 4.48 Å². The molecule has 1 aromatic carbocycles. The van der Waals surface area contributed by atoms with Crippen LogP contribution in [0.25, 0.3) is 0 Å². The van der Waals surface area contributed by atoms with Gasteiger partial charge in [0.2, 0.25) is 0 Å². The zero-order valence-corrected chi connectivity index (χ0v) is 19.0. The van der Waals surface area contributed by atoms with Crippen molar-refractivity contribution in [2.24, 2.45) is 28.6 Å². The van der Waals surface area contributed by atoms with E-state index < -0.39 is 0 Å². The van der Waals surface area contributed by atoms with Gasteiger partial charge in [0.1, 0.15) is 17.3 Å². The van der Waals surface area contributed by atoms with Crippen molar-refractivity contribution in [1.29, 1.82) is 5.26 Å². The second kappa shape index (κ2) is 6.54. The van der Waals surface area contributed by atoms with Gasteiger partial charge in [-0.2, -0.15) is 5.26 Å². The molecule has 1 aliphatic heterocycles. The van der Waals surface area contributed by atoms with Crippen LogP contribution in [0.5, 0.6) is 0 Å². The molecule has 0 aromatic heterocycles. The Hall–Kier alpha value is -1.92. The molecule has 5 rings (SSSR count). The van der Waals surface area contributed by atoms with Gasteiger partial charge >= 0.3 is 5.91 Å². The van der Waals surface area contributed by atoms with Gasteiger partial charge in [-0.3, -0.25) is 0 Å². The SMILES string of the molecule is CC1=C2[C@](C)(CCC(=O)[N+]2(C)c2ccccc2C#N)[C@H]2CC[C@]3(C)CCC[C@H]3[C@@H]2C1. The standard InChI is InChI=1S/C27H35N2O/c1-18-16-20-21-9-7-13-26(21,2)14-11-22(20)27(3)15-12-24(30)29(4,25(18)27)23-10-6-5-8-19(23)17-28/h5-6,8,10,20-22H,7,9,11-16H2,1-4H3/q+1/t20-,21-,22-,26-,27+,29?/m0/s1. The van der Waals surface area contributed by atoms with E-state index in [4.69, 9.17) is 0 Å². The zero-order chi connectivity index (χ0) is 21.3. The van der Waals surface area contributed by atoms with Crippen molar-refractivity contribution < 1.29 is 4.79 Å². The molecular weight excluding hydrogens is 368 g/mol. The van der Waals surface area contributed by atoms with Crippen molar-refractivity contribution in [2.45, 2.75) is 72.1 Å². The summed E-state index contributed by atoms with van der Waals surface area (Å²) in [5, 5.41) is 9.81. The largest absolute Gasteiger partial charge is 0.323 e. The lowest BCUT2D eigenvalue weighted by molar-refractivity contribution is -0.135. The van der Waals surface area contributed by atoms with E-state index in [-0.39, 0.29) is 15.8 Å². The van der Waals surface area contributed by atoms with Crippen LogP contribution in [0.4, 0.5) is 5.69 Å². The molecular formula is C27H35N2O+. The van der Waals surface area contributed by atoms with E-state index in [1.54, 1.807) is 0 Å². The zero-order valence-electron chi connectivity index (χ0n) is 19.0. The van der Waals surface area contributed by atoms with Crippen molar-refractivity contribution in [3.8, 4) is 6.07 Å². The summed E-state index contributed by atoms with van der Waals surface area (Å²) in [6, 6.07) is 10.1. The summed E-state index contributed by atoms with van der Waals surface area (Å²) in [6.45, 7) is 7.29. The lowest BCUT2D eigenvalue weighted by Gasteiger charge is -2.59. The highest BCUT2D eigenvalue weighted by Crippen LogP contribution is 2.66. The predicted octanol–water partition coefficient (Wildman–Crippen LogP) is 6.33. The summed E-state index contributed by atoms with van der Waals surface area (Å²) < 4.78 is 0.206. The van der Waals surface area contributed by atoms with Crippen LogP contribution in [0.2, 0.25) is 0 Å². The summed E-state index contributed by atoms with van der Waals surface area (Å²) in [4.78, 5) is 13.5. The summed E-state index contributed by atoms with van der Waals surface area (Å²) >= 11 is 0. The Bertz CT molecular complexity index is 987. The molecule has 3 heteroatoms. The number of nitrogens with zero attached hydrogens (tertiary/aromatic N) is 2. The maximum absolute atomic E-state index is 13.5. The molecule has 30 heavy (non-hydrogen) atoms. The first kappa shape index (κ1) is 20.0. The number of hydrogen-bond acceptors (Lipinski definition) is 2. The molecule has 3 aliphatic carbocycles. The van der Waals surface area contributed by atoms with Gasteiger partial charge in [0.15, 0.2) is 5.69 Å². The van der Waals surface area contributed by atoms with E-state index in [9.17, 15) is 10.1 Å². The fraction of sp³-hybridized carbons (Fsp3) is 0.630. The van der Waals surface area contributed by atoms with Gasteiger partial charge in [-0.25, -0.2) is 9.28 Å². The highest BCUT2D eigenvalue weighted by molar-refractivity contribution is 5.94. The normalized spacial score (nSPS) is 42.9. The van der Waals surface area contributed by atoms with E-state index in [0.717, 1.165) is 30.4 Å². The number of likely N-dealkylation sites (tertiary alicyclic amines) is 1. The lowest BCUT2D eigenvalue weighted by Crippen LogP contribution is -2.62. The second-order valence-corrected chi connectivity index (χ2v) is 11.2. The maximum Gasteiger partial charge on any atom is 0.323 e. The molecule has 1 saturated heterocycles. The number of amides is 1. The molecule has 158 valence electrons. The number of nitriles is 1. The third-order valence-corrected chi connectivity index (χ3v) is 9.83. The van der Waals surface area contributed by atoms with Crippen LogP contribution in [0.15, 0.2) is 35.5 Å². The molecule has 1 heterocycles. The van der Waals surface area contributed by atoms with Gasteiger partial charge in [0.25, 0.3) is 0 Å². The van der Waals surface area contributed by atoms with Gasteiger partial charge < -0.3 is 0 Å². The molecule has 2 saturated carbocycles. The Morgan fingerprint density at radius 3 is 2.63 bits per heavy atom. The van der Waals surface area contributed by atoms with Crippen LogP contribution in [0, 0.1) is 39.9 Å². The number of rotatable bonds is 1. The summed E-state index contributed by atoms with van der Waals surface area (Å²) in [6.07, 6.45) is 9.50. The number of para-hydroxylation sites is 1. The van der Waals surface area contributed by atoms with Gasteiger partial charge in [-0.05, 0) is 80.3 Å². The van der Waals surface area contributed by atoms with E-state index >= 15 is 0 Å². The first-order valence-electron chi connectivity index (χ1n) is 11.9. The van der Waals surface area contributed by atoms with Crippen molar-refractivity contribution in [3.63, 3.8) is 0 Å². The van der Waals surface area contributed by atoms with E-state index in [1.165, 1.54) is 43.4 Å². The molecule has 0 spiro atoms. The van der Waals surface area contributed by atoms with Crippen LogP contribution >= 0.6 is 0 Å². The van der Waals surface area contributed by atoms with Gasteiger partial charge in [-0.1, -0.05) is 32.4 Å². The second-order valence-electron chi connectivity index (χ2n) is 11.2. The topological polar surface area (TPSA) is 40.9 Å². The average Bonchev–Trinajstić information content (AvgIpc) is 3.13. The minimum absolute atomic E-state index is 0.0438. The molecule has 0 N–H and O–H groups in total. The smallest absolute Gasteiger partial charge is 0.230 e. The number of hydrogen-bond donors (Lipinski definition) is 0. The lowest BCUT2D eigenvalue weighted by atomic mass is 9.48. The molecule has 0 radical (unpaired) electrons. The third-order valence-electron chi connectivity index (χ3n) is 9.83. The summed E-state index contributed by atoms with van der Waals surface area (Å²) in [5.74, 6) is 2.50. The van der Waals surface area contributed by atoms with Gasteiger partial charge in [0, 0.05) is 11.5 Å². The number of fused-ring (bicyclic) bond motifs is 5. The molecule has 1 amide bonds. The van der Waals surface area contributed by atoms with Gasteiger partial charge in [-0.15, -0.1) is 0 Å². The van der Waals surface area contributed by atoms with Crippen molar-refractivity contribution in [3.05, 3.63) is 41.1 Å². The Morgan fingerprint density at radius 2 is 1.87 bits per heavy atom. The van der Waals surface area contributed by atoms with E-state index in [0.29, 0.717) is 23.3 Å². The Morgan fingerprint density at radius 1 is 1.10 bits per heavy atom. The molecule has 3 fully saturated rings. The first-order valence-corrected chi connectivity index (χ1v) is 11.9. The Labute approximate surface area is 181 Å². The number of benzene rings is 1. The fourth-order valence-corrected chi connectivity index (χ4v) is 8.59. The van der Waals surface area contributed by atoms with Gasteiger partial charge in [0.05, 0.1) is 13.5 Å². The number of quaternary nitrogens is 1. The number of piperidine rings is 1. The van der Waals surface area contributed by atoms with Crippen LogP contribution in [0.3, 0.4) is 0 Å². The quantitative estimate of drug-likeness (QED) is 0.514. The monoisotopic (exact) mass is 403 g/mol. The average molecular weight is 404 g/mol. The van der Waals surface area contributed by atoms with Crippen molar-refractivity contribution in [2.75, 3.05) is 7.05 Å². The highest BCUT2D eigenvalue weighted by atomic mass is 16.2.